The molecule has 1 aliphatic rings. The molecule has 1 heterocycles. The Morgan fingerprint density at radius 1 is 1.43 bits per heavy atom. The number of benzene rings is 1. The van der Waals surface area contributed by atoms with Crippen molar-refractivity contribution in [1.82, 2.24) is 10.6 Å². The number of rotatable bonds is 3. The van der Waals surface area contributed by atoms with Crippen molar-refractivity contribution >= 4 is 29.9 Å². The molecule has 0 aliphatic carbocycles. The number of hydrogen-bond donors (Lipinski definition) is 2. The van der Waals surface area contributed by atoms with Gasteiger partial charge in [0, 0.05) is 17.1 Å². The van der Waals surface area contributed by atoms with Gasteiger partial charge in [0.25, 0.3) is 0 Å². The standard InChI is InChI=1S/C16H23ClN2O.ClH/c1-11-9-14(7-8-18-11)19-15(20)16(2,3)12-5-4-6-13(17)10-12;/h4-6,10-11,14,18H,7-9H2,1-3H3,(H,19,20);1H. The van der Waals surface area contributed by atoms with E-state index in [0.717, 1.165) is 24.9 Å². The van der Waals surface area contributed by atoms with Crippen molar-refractivity contribution in [3.05, 3.63) is 34.9 Å². The van der Waals surface area contributed by atoms with Gasteiger partial charge in [0.2, 0.25) is 5.91 Å². The Morgan fingerprint density at radius 2 is 2.14 bits per heavy atom. The maximum atomic E-state index is 12.6. The van der Waals surface area contributed by atoms with Gasteiger partial charge in [-0.1, -0.05) is 23.7 Å². The van der Waals surface area contributed by atoms with E-state index in [1.165, 1.54) is 0 Å². The van der Waals surface area contributed by atoms with Crippen LogP contribution in [0.1, 0.15) is 39.2 Å². The molecule has 2 atom stereocenters. The Kier molecular flexibility index (Phi) is 6.51. The van der Waals surface area contributed by atoms with E-state index in [0.29, 0.717) is 11.1 Å². The summed E-state index contributed by atoms with van der Waals surface area (Å²) in [6.45, 7) is 7.00. The molecule has 1 aromatic carbocycles. The van der Waals surface area contributed by atoms with Crippen LogP contribution in [0.25, 0.3) is 0 Å². The number of carbonyl (C=O) groups excluding carboxylic acids is 1. The molecule has 0 saturated carbocycles. The normalized spacial score (nSPS) is 22.3. The number of halogens is 2. The molecule has 1 saturated heterocycles. The van der Waals surface area contributed by atoms with Gasteiger partial charge in [-0.05, 0) is 57.9 Å². The van der Waals surface area contributed by atoms with Gasteiger partial charge in [-0.2, -0.15) is 0 Å². The van der Waals surface area contributed by atoms with Gasteiger partial charge in [0.15, 0.2) is 0 Å². The lowest BCUT2D eigenvalue weighted by Crippen LogP contribution is -2.50. The lowest BCUT2D eigenvalue weighted by molar-refractivity contribution is -0.126. The van der Waals surface area contributed by atoms with Crippen LogP contribution in [0, 0.1) is 0 Å². The molecule has 1 aliphatic heterocycles. The zero-order chi connectivity index (χ0) is 14.8. The summed E-state index contributed by atoms with van der Waals surface area (Å²) in [5.74, 6) is 0.0684. The Hall–Kier alpha value is -0.770. The maximum absolute atomic E-state index is 12.6. The van der Waals surface area contributed by atoms with Gasteiger partial charge in [0.05, 0.1) is 5.41 Å². The summed E-state index contributed by atoms with van der Waals surface area (Å²) in [4.78, 5) is 12.6. The van der Waals surface area contributed by atoms with Crippen LogP contribution in [0.4, 0.5) is 0 Å². The van der Waals surface area contributed by atoms with Crippen molar-refractivity contribution in [1.29, 1.82) is 0 Å². The number of hydrogen-bond acceptors (Lipinski definition) is 2. The summed E-state index contributed by atoms with van der Waals surface area (Å²) < 4.78 is 0. The second-order valence-corrected chi connectivity index (χ2v) is 6.62. The van der Waals surface area contributed by atoms with E-state index < -0.39 is 5.41 Å². The van der Waals surface area contributed by atoms with Crippen LogP contribution in [0.15, 0.2) is 24.3 Å². The summed E-state index contributed by atoms with van der Waals surface area (Å²) in [7, 11) is 0. The van der Waals surface area contributed by atoms with Crippen LogP contribution in [-0.2, 0) is 10.2 Å². The fraction of sp³-hybridized carbons (Fsp3) is 0.562. The van der Waals surface area contributed by atoms with Gasteiger partial charge >= 0.3 is 0 Å². The number of carbonyl (C=O) groups is 1. The van der Waals surface area contributed by atoms with Crippen molar-refractivity contribution in [2.24, 2.45) is 0 Å². The SMILES string of the molecule is CC1CC(NC(=O)C(C)(C)c2cccc(Cl)c2)CCN1.Cl. The van der Waals surface area contributed by atoms with Crippen LogP contribution >= 0.6 is 24.0 Å². The van der Waals surface area contributed by atoms with E-state index >= 15 is 0 Å². The van der Waals surface area contributed by atoms with E-state index in [1.807, 2.05) is 38.1 Å². The van der Waals surface area contributed by atoms with E-state index in [9.17, 15) is 4.79 Å². The topological polar surface area (TPSA) is 41.1 Å². The molecule has 0 spiro atoms. The van der Waals surface area contributed by atoms with E-state index in [-0.39, 0.29) is 24.4 Å². The largest absolute Gasteiger partial charge is 0.353 e. The smallest absolute Gasteiger partial charge is 0.230 e. The molecule has 1 aromatic rings. The Bertz CT molecular complexity index is 491. The molecule has 0 radical (unpaired) electrons. The van der Waals surface area contributed by atoms with Crippen molar-refractivity contribution in [2.45, 2.75) is 51.1 Å². The van der Waals surface area contributed by atoms with Gasteiger partial charge < -0.3 is 10.6 Å². The number of nitrogens with one attached hydrogen (secondary N) is 2. The van der Waals surface area contributed by atoms with E-state index in [4.69, 9.17) is 11.6 Å². The Balaban J connectivity index is 0.00000220. The number of piperidine rings is 1. The summed E-state index contributed by atoms with van der Waals surface area (Å²) in [6, 6.07) is 8.26. The second kappa shape index (κ2) is 7.48. The predicted molar refractivity (Wildman–Crippen MR) is 90.4 cm³/mol. The molecule has 2 N–H and O–H groups in total. The van der Waals surface area contributed by atoms with Crippen LogP contribution in [-0.4, -0.2) is 24.5 Å². The van der Waals surface area contributed by atoms with Gasteiger partial charge in [-0.15, -0.1) is 12.4 Å². The third-order valence-corrected chi connectivity index (χ3v) is 4.31. The van der Waals surface area contributed by atoms with Crippen LogP contribution in [0.2, 0.25) is 5.02 Å². The molecular weight excluding hydrogens is 307 g/mol. The molecule has 2 unspecified atom stereocenters. The predicted octanol–water partition coefficient (Wildman–Crippen LogP) is 3.30. The summed E-state index contributed by atoms with van der Waals surface area (Å²) >= 11 is 6.03. The van der Waals surface area contributed by atoms with Crippen LogP contribution in [0.5, 0.6) is 0 Å². The van der Waals surface area contributed by atoms with E-state index in [2.05, 4.69) is 17.6 Å². The first kappa shape index (κ1) is 18.3. The first-order valence-corrected chi connectivity index (χ1v) is 7.58. The molecular formula is C16H24Cl2N2O. The summed E-state index contributed by atoms with van der Waals surface area (Å²) in [5, 5.41) is 7.25. The first-order valence-electron chi connectivity index (χ1n) is 7.20. The minimum Gasteiger partial charge on any atom is -0.353 e. The summed E-state index contributed by atoms with van der Waals surface area (Å²) in [6.07, 6.45) is 1.97. The average molecular weight is 331 g/mol. The van der Waals surface area contributed by atoms with Crippen molar-refractivity contribution in [3.8, 4) is 0 Å². The van der Waals surface area contributed by atoms with E-state index in [1.54, 1.807) is 0 Å². The molecule has 1 fully saturated rings. The van der Waals surface area contributed by atoms with Gasteiger partial charge in [-0.25, -0.2) is 0 Å². The minimum absolute atomic E-state index is 0. The third-order valence-electron chi connectivity index (χ3n) is 4.07. The quantitative estimate of drug-likeness (QED) is 0.892. The zero-order valence-electron chi connectivity index (χ0n) is 12.8. The molecule has 5 heteroatoms. The van der Waals surface area contributed by atoms with Crippen LogP contribution < -0.4 is 10.6 Å². The summed E-state index contributed by atoms with van der Waals surface area (Å²) in [5.41, 5.74) is 0.378. The molecule has 0 aromatic heterocycles. The Morgan fingerprint density at radius 3 is 2.76 bits per heavy atom. The zero-order valence-corrected chi connectivity index (χ0v) is 14.4. The highest BCUT2D eigenvalue weighted by molar-refractivity contribution is 6.30. The lowest BCUT2D eigenvalue weighted by Gasteiger charge is -2.32. The maximum Gasteiger partial charge on any atom is 0.230 e. The molecule has 0 bridgehead atoms. The third kappa shape index (κ3) is 4.60. The molecule has 3 nitrogen and oxygen atoms in total. The van der Waals surface area contributed by atoms with Crippen molar-refractivity contribution in [3.63, 3.8) is 0 Å². The molecule has 1 amide bonds. The first-order chi connectivity index (χ1) is 9.39. The molecule has 21 heavy (non-hydrogen) atoms. The molecule has 2 rings (SSSR count). The molecule has 118 valence electrons. The van der Waals surface area contributed by atoms with Crippen molar-refractivity contribution < 1.29 is 4.79 Å². The fourth-order valence-electron chi connectivity index (χ4n) is 2.64. The highest BCUT2D eigenvalue weighted by Gasteiger charge is 2.32. The Labute approximate surface area is 138 Å². The van der Waals surface area contributed by atoms with Crippen molar-refractivity contribution in [2.75, 3.05) is 6.54 Å². The fourth-order valence-corrected chi connectivity index (χ4v) is 2.83. The number of amides is 1. The second-order valence-electron chi connectivity index (χ2n) is 6.19. The monoisotopic (exact) mass is 330 g/mol. The average Bonchev–Trinajstić information content (AvgIpc) is 2.38. The lowest BCUT2D eigenvalue weighted by atomic mass is 9.83. The highest BCUT2D eigenvalue weighted by atomic mass is 35.5. The minimum atomic E-state index is -0.570. The van der Waals surface area contributed by atoms with Gasteiger partial charge in [0.1, 0.15) is 0 Å². The van der Waals surface area contributed by atoms with Gasteiger partial charge in [-0.3, -0.25) is 4.79 Å². The van der Waals surface area contributed by atoms with Crippen LogP contribution in [0.3, 0.4) is 0 Å². The highest BCUT2D eigenvalue weighted by Crippen LogP contribution is 2.26.